The minimum atomic E-state index is -0.482. The zero-order valence-electron chi connectivity index (χ0n) is 12.6. The summed E-state index contributed by atoms with van der Waals surface area (Å²) in [6, 6.07) is 10.1. The van der Waals surface area contributed by atoms with Gasteiger partial charge in [-0.1, -0.05) is 50.6 Å². The van der Waals surface area contributed by atoms with E-state index in [1.54, 1.807) is 0 Å². The molecule has 0 bridgehead atoms. The van der Waals surface area contributed by atoms with Gasteiger partial charge in [-0.25, -0.2) is 0 Å². The molecule has 2 rings (SSSR count). The molecule has 2 atom stereocenters. The Morgan fingerprint density at radius 1 is 1.25 bits per heavy atom. The van der Waals surface area contributed by atoms with E-state index in [9.17, 15) is 10.2 Å². The van der Waals surface area contributed by atoms with Crippen LogP contribution in [0.1, 0.15) is 44.8 Å². The molecule has 0 amide bonds. The van der Waals surface area contributed by atoms with Crippen LogP contribution in [0.15, 0.2) is 30.3 Å². The molecule has 1 aliphatic rings. The lowest BCUT2D eigenvalue weighted by Gasteiger charge is -2.41. The summed E-state index contributed by atoms with van der Waals surface area (Å²) in [5, 5.41) is 20.2. The number of aliphatic hydroxyl groups is 2. The van der Waals surface area contributed by atoms with Crippen molar-refractivity contribution in [2.45, 2.75) is 45.3 Å². The molecule has 2 N–H and O–H groups in total. The van der Waals surface area contributed by atoms with E-state index in [2.05, 4.69) is 18.7 Å². The number of benzene rings is 1. The highest BCUT2D eigenvalue weighted by Gasteiger charge is 2.34. The van der Waals surface area contributed by atoms with Crippen LogP contribution in [0.3, 0.4) is 0 Å². The third-order valence-electron chi connectivity index (χ3n) is 4.43. The first kappa shape index (κ1) is 15.5. The zero-order valence-corrected chi connectivity index (χ0v) is 12.6. The normalized spacial score (nSPS) is 22.7. The average molecular weight is 277 g/mol. The molecule has 0 aromatic heterocycles. The predicted molar refractivity (Wildman–Crippen MR) is 81.5 cm³/mol. The second kappa shape index (κ2) is 6.70. The molecule has 0 radical (unpaired) electrons. The molecule has 3 heteroatoms. The van der Waals surface area contributed by atoms with E-state index in [1.807, 2.05) is 30.3 Å². The van der Waals surface area contributed by atoms with Crippen LogP contribution in [0.4, 0.5) is 0 Å². The first-order valence-electron chi connectivity index (χ1n) is 7.62. The molecule has 20 heavy (non-hydrogen) atoms. The fourth-order valence-electron chi connectivity index (χ4n) is 3.17. The number of likely N-dealkylation sites (tertiary alicyclic amines) is 1. The minimum absolute atomic E-state index is 0.220. The predicted octanol–water partition coefficient (Wildman–Crippen LogP) is 2.59. The van der Waals surface area contributed by atoms with Crippen molar-refractivity contribution >= 4 is 0 Å². The second-order valence-corrected chi connectivity index (χ2v) is 6.60. The Morgan fingerprint density at radius 2 is 1.95 bits per heavy atom. The molecule has 0 saturated carbocycles. The molecule has 1 aliphatic heterocycles. The number of piperidine rings is 1. The largest absolute Gasteiger partial charge is 0.395 e. The summed E-state index contributed by atoms with van der Waals surface area (Å²) in [7, 11) is 0. The quantitative estimate of drug-likeness (QED) is 0.869. The van der Waals surface area contributed by atoms with Crippen LogP contribution in [-0.4, -0.2) is 40.9 Å². The minimum Gasteiger partial charge on any atom is -0.395 e. The molecule has 0 aliphatic carbocycles. The Labute approximate surface area is 122 Å². The van der Waals surface area contributed by atoms with Gasteiger partial charge in [-0.3, -0.25) is 4.90 Å². The number of aliphatic hydroxyl groups excluding tert-OH is 2. The first-order chi connectivity index (χ1) is 9.54. The topological polar surface area (TPSA) is 43.7 Å². The number of hydrogen-bond acceptors (Lipinski definition) is 3. The van der Waals surface area contributed by atoms with Crippen molar-refractivity contribution in [2.24, 2.45) is 5.41 Å². The van der Waals surface area contributed by atoms with Crippen LogP contribution < -0.4 is 0 Å². The molecule has 1 aromatic carbocycles. The van der Waals surface area contributed by atoms with Gasteiger partial charge in [0.05, 0.1) is 12.7 Å². The Kier molecular flexibility index (Phi) is 5.19. The standard InChI is InChI=1S/C17H27NO2/c1-17(2,16(20)14-8-4-3-5-9-14)13-18-11-7-6-10-15(18)12-19/h3-5,8-9,15-16,19-20H,6-7,10-13H2,1-2H3. The summed E-state index contributed by atoms with van der Waals surface area (Å²) in [6.07, 6.45) is 2.97. The molecule has 1 aromatic rings. The fourth-order valence-corrected chi connectivity index (χ4v) is 3.17. The molecular formula is C17H27NO2. The van der Waals surface area contributed by atoms with Crippen molar-refractivity contribution in [3.05, 3.63) is 35.9 Å². The lowest BCUT2D eigenvalue weighted by atomic mass is 9.81. The average Bonchev–Trinajstić information content (AvgIpc) is 2.47. The van der Waals surface area contributed by atoms with Crippen molar-refractivity contribution in [1.29, 1.82) is 0 Å². The lowest BCUT2D eigenvalue weighted by molar-refractivity contribution is -0.00900. The lowest BCUT2D eigenvalue weighted by Crippen LogP contribution is -2.47. The molecule has 2 unspecified atom stereocenters. The van der Waals surface area contributed by atoms with Crippen LogP contribution in [0.5, 0.6) is 0 Å². The van der Waals surface area contributed by atoms with Crippen LogP contribution in [0.25, 0.3) is 0 Å². The highest BCUT2D eigenvalue weighted by atomic mass is 16.3. The Hall–Kier alpha value is -0.900. The molecule has 3 nitrogen and oxygen atoms in total. The van der Waals surface area contributed by atoms with Gasteiger partial charge in [0.25, 0.3) is 0 Å². The summed E-state index contributed by atoms with van der Waals surface area (Å²) in [5.41, 5.74) is 0.738. The molecule has 0 spiro atoms. The van der Waals surface area contributed by atoms with Gasteiger partial charge in [0.1, 0.15) is 0 Å². The van der Waals surface area contributed by atoms with E-state index in [4.69, 9.17) is 0 Å². The van der Waals surface area contributed by atoms with Gasteiger partial charge < -0.3 is 10.2 Å². The third-order valence-corrected chi connectivity index (χ3v) is 4.43. The first-order valence-corrected chi connectivity index (χ1v) is 7.62. The van der Waals surface area contributed by atoms with Crippen LogP contribution in [-0.2, 0) is 0 Å². The van der Waals surface area contributed by atoms with E-state index in [0.29, 0.717) is 0 Å². The SMILES string of the molecule is CC(C)(CN1CCCCC1CO)C(O)c1ccccc1. The fraction of sp³-hybridized carbons (Fsp3) is 0.647. The third kappa shape index (κ3) is 3.60. The van der Waals surface area contributed by atoms with E-state index < -0.39 is 6.10 Å². The van der Waals surface area contributed by atoms with Gasteiger partial charge in [0.15, 0.2) is 0 Å². The van der Waals surface area contributed by atoms with E-state index in [-0.39, 0.29) is 18.1 Å². The second-order valence-electron chi connectivity index (χ2n) is 6.60. The maximum Gasteiger partial charge on any atom is 0.0853 e. The van der Waals surface area contributed by atoms with Gasteiger partial charge in [-0.2, -0.15) is 0 Å². The van der Waals surface area contributed by atoms with Crippen LogP contribution in [0, 0.1) is 5.41 Å². The molecule has 1 saturated heterocycles. The molecule has 1 fully saturated rings. The van der Waals surface area contributed by atoms with Crippen molar-refractivity contribution in [3.8, 4) is 0 Å². The van der Waals surface area contributed by atoms with E-state index in [0.717, 1.165) is 25.1 Å². The maximum atomic E-state index is 10.6. The van der Waals surface area contributed by atoms with Gasteiger partial charge in [0, 0.05) is 18.0 Å². The Morgan fingerprint density at radius 3 is 2.60 bits per heavy atom. The smallest absolute Gasteiger partial charge is 0.0853 e. The van der Waals surface area contributed by atoms with E-state index >= 15 is 0 Å². The Balaban J connectivity index is 2.05. The van der Waals surface area contributed by atoms with Crippen molar-refractivity contribution in [1.82, 2.24) is 4.90 Å². The van der Waals surface area contributed by atoms with Crippen molar-refractivity contribution in [3.63, 3.8) is 0 Å². The van der Waals surface area contributed by atoms with Gasteiger partial charge >= 0.3 is 0 Å². The van der Waals surface area contributed by atoms with Crippen LogP contribution >= 0.6 is 0 Å². The van der Waals surface area contributed by atoms with E-state index in [1.165, 1.54) is 12.8 Å². The van der Waals surface area contributed by atoms with Gasteiger partial charge in [-0.05, 0) is 24.9 Å². The number of rotatable bonds is 5. The summed E-state index contributed by atoms with van der Waals surface area (Å²) in [5.74, 6) is 0. The molecule has 1 heterocycles. The number of hydrogen-bond donors (Lipinski definition) is 2. The zero-order chi connectivity index (χ0) is 14.6. The highest BCUT2D eigenvalue weighted by molar-refractivity contribution is 5.19. The summed E-state index contributed by atoms with van der Waals surface area (Å²) >= 11 is 0. The molecular weight excluding hydrogens is 250 g/mol. The highest BCUT2D eigenvalue weighted by Crippen LogP contribution is 2.35. The summed E-state index contributed by atoms with van der Waals surface area (Å²) in [6.45, 7) is 6.27. The summed E-state index contributed by atoms with van der Waals surface area (Å²) in [4.78, 5) is 2.34. The molecule has 112 valence electrons. The number of nitrogens with zero attached hydrogens (tertiary/aromatic N) is 1. The summed E-state index contributed by atoms with van der Waals surface area (Å²) < 4.78 is 0. The van der Waals surface area contributed by atoms with Crippen molar-refractivity contribution in [2.75, 3.05) is 19.7 Å². The van der Waals surface area contributed by atoms with Gasteiger partial charge in [-0.15, -0.1) is 0 Å². The van der Waals surface area contributed by atoms with Crippen LogP contribution in [0.2, 0.25) is 0 Å². The Bertz CT molecular complexity index is 405. The monoisotopic (exact) mass is 277 g/mol. The maximum absolute atomic E-state index is 10.6. The van der Waals surface area contributed by atoms with Gasteiger partial charge in [0.2, 0.25) is 0 Å². The van der Waals surface area contributed by atoms with Crippen molar-refractivity contribution < 1.29 is 10.2 Å².